The molecule has 102 valence electrons. The van der Waals surface area contributed by atoms with Crippen LogP contribution in [0.15, 0.2) is 24.3 Å². The summed E-state index contributed by atoms with van der Waals surface area (Å²) in [5.41, 5.74) is 1.73. The first-order valence-electron chi connectivity index (χ1n) is 6.43. The van der Waals surface area contributed by atoms with Gasteiger partial charge in [-0.05, 0) is 38.5 Å². The Bertz CT molecular complexity index is 460. The van der Waals surface area contributed by atoms with Gasteiger partial charge >= 0.3 is 5.97 Å². The van der Waals surface area contributed by atoms with Gasteiger partial charge in [0.15, 0.2) is 0 Å². The fraction of sp³-hybridized carbons (Fsp3) is 0.467. The first-order chi connectivity index (χ1) is 8.95. The molecule has 19 heavy (non-hydrogen) atoms. The van der Waals surface area contributed by atoms with E-state index in [4.69, 9.17) is 10.4 Å². The minimum atomic E-state index is -0.780. The molecule has 0 radical (unpaired) electrons. The average Bonchev–Trinajstić information content (AvgIpc) is 2.38. The smallest absolute Gasteiger partial charge is 0.304 e. The van der Waals surface area contributed by atoms with E-state index in [1.807, 2.05) is 12.1 Å². The Morgan fingerprint density at radius 2 is 1.89 bits per heavy atom. The number of nitriles is 1. The molecule has 0 amide bonds. The molecule has 4 nitrogen and oxygen atoms in total. The first-order valence-corrected chi connectivity index (χ1v) is 6.43. The van der Waals surface area contributed by atoms with Gasteiger partial charge in [0.1, 0.15) is 0 Å². The molecule has 0 spiro atoms. The minimum Gasteiger partial charge on any atom is -0.481 e. The van der Waals surface area contributed by atoms with Crippen LogP contribution in [0.3, 0.4) is 0 Å². The number of carboxylic acid groups (broad SMARTS) is 1. The van der Waals surface area contributed by atoms with E-state index in [9.17, 15) is 4.79 Å². The highest BCUT2D eigenvalue weighted by Gasteiger charge is 2.19. The van der Waals surface area contributed by atoms with Crippen LogP contribution in [-0.2, 0) is 4.79 Å². The van der Waals surface area contributed by atoms with Crippen LogP contribution in [0.4, 0.5) is 0 Å². The number of aliphatic carboxylic acids is 1. The van der Waals surface area contributed by atoms with E-state index in [1.165, 1.54) is 0 Å². The summed E-state index contributed by atoms with van der Waals surface area (Å²) in [6, 6.07) is 9.94. The molecule has 0 aliphatic heterocycles. The van der Waals surface area contributed by atoms with Gasteiger partial charge in [-0.15, -0.1) is 0 Å². The summed E-state index contributed by atoms with van der Waals surface area (Å²) in [6.45, 7) is 6.70. The van der Waals surface area contributed by atoms with Gasteiger partial charge in [-0.25, -0.2) is 0 Å². The molecular weight excluding hydrogens is 240 g/mol. The van der Waals surface area contributed by atoms with E-state index in [-0.39, 0.29) is 18.5 Å². The van der Waals surface area contributed by atoms with Crippen molar-refractivity contribution in [1.29, 1.82) is 5.26 Å². The fourth-order valence-electron chi connectivity index (χ4n) is 2.15. The maximum atomic E-state index is 10.7. The van der Waals surface area contributed by atoms with E-state index in [0.29, 0.717) is 12.1 Å². The molecule has 1 unspecified atom stereocenters. The minimum absolute atomic E-state index is 0.132. The molecule has 1 rings (SSSR count). The third-order valence-corrected chi connectivity index (χ3v) is 3.27. The molecule has 0 aromatic heterocycles. The molecule has 4 heteroatoms. The zero-order valence-electron chi connectivity index (χ0n) is 11.6. The molecule has 0 heterocycles. The molecule has 1 aromatic rings. The second-order valence-corrected chi connectivity index (χ2v) is 4.89. The number of hydrogen-bond acceptors (Lipinski definition) is 3. The van der Waals surface area contributed by atoms with E-state index in [2.05, 4.69) is 31.7 Å². The van der Waals surface area contributed by atoms with Gasteiger partial charge in [-0.1, -0.05) is 12.1 Å². The Morgan fingerprint density at radius 1 is 1.32 bits per heavy atom. The monoisotopic (exact) mass is 260 g/mol. The number of benzene rings is 1. The number of nitrogens with zero attached hydrogens (tertiary/aromatic N) is 2. The Morgan fingerprint density at radius 3 is 2.32 bits per heavy atom. The van der Waals surface area contributed by atoms with Gasteiger partial charge in [0.05, 0.1) is 18.1 Å². The molecule has 0 aliphatic rings. The summed E-state index contributed by atoms with van der Waals surface area (Å²) in [6.07, 6.45) is 0.138. The normalized spacial score (nSPS) is 12.4. The Kier molecular flexibility index (Phi) is 5.53. The summed E-state index contributed by atoms with van der Waals surface area (Å²) in [5.74, 6) is -0.780. The standard InChI is InChI=1S/C15H20N2O2/c1-11(2)17(9-8-15(18)19)12(3)14-6-4-13(10-16)5-7-14/h4-7,11-12H,8-9H2,1-3H3,(H,18,19). The van der Waals surface area contributed by atoms with Crippen molar-refractivity contribution >= 4 is 5.97 Å². The molecule has 1 N–H and O–H groups in total. The highest BCUT2D eigenvalue weighted by Crippen LogP contribution is 2.23. The lowest BCUT2D eigenvalue weighted by molar-refractivity contribution is -0.137. The van der Waals surface area contributed by atoms with Crippen molar-refractivity contribution in [3.05, 3.63) is 35.4 Å². The van der Waals surface area contributed by atoms with Gasteiger partial charge in [0, 0.05) is 18.6 Å². The zero-order valence-corrected chi connectivity index (χ0v) is 11.6. The molecule has 1 aromatic carbocycles. The summed E-state index contributed by atoms with van der Waals surface area (Å²) >= 11 is 0. The van der Waals surface area contributed by atoms with Gasteiger partial charge in [0.25, 0.3) is 0 Å². The van der Waals surface area contributed by atoms with Crippen molar-refractivity contribution in [2.45, 2.75) is 39.3 Å². The number of carboxylic acids is 1. The lowest BCUT2D eigenvalue weighted by atomic mass is 10.0. The quantitative estimate of drug-likeness (QED) is 0.854. The predicted molar refractivity (Wildman–Crippen MR) is 73.7 cm³/mol. The Balaban J connectivity index is 2.83. The van der Waals surface area contributed by atoms with Crippen LogP contribution < -0.4 is 0 Å². The molecule has 0 aliphatic carbocycles. The molecule has 0 fully saturated rings. The van der Waals surface area contributed by atoms with Crippen molar-refractivity contribution in [2.75, 3.05) is 6.54 Å². The van der Waals surface area contributed by atoms with Crippen LogP contribution in [0.2, 0.25) is 0 Å². The van der Waals surface area contributed by atoms with Crippen LogP contribution in [0.25, 0.3) is 0 Å². The highest BCUT2D eigenvalue weighted by atomic mass is 16.4. The van der Waals surface area contributed by atoms with Crippen LogP contribution in [-0.4, -0.2) is 28.6 Å². The van der Waals surface area contributed by atoms with Crippen LogP contribution in [0.5, 0.6) is 0 Å². The van der Waals surface area contributed by atoms with Gasteiger partial charge in [-0.3, -0.25) is 9.69 Å². The van der Waals surface area contributed by atoms with E-state index < -0.39 is 5.97 Å². The van der Waals surface area contributed by atoms with E-state index in [0.717, 1.165) is 5.56 Å². The lowest BCUT2D eigenvalue weighted by Gasteiger charge is -2.32. The third-order valence-electron chi connectivity index (χ3n) is 3.27. The van der Waals surface area contributed by atoms with Crippen molar-refractivity contribution in [3.63, 3.8) is 0 Å². The summed E-state index contributed by atoms with van der Waals surface area (Å²) in [7, 11) is 0. The van der Waals surface area contributed by atoms with E-state index in [1.54, 1.807) is 12.1 Å². The van der Waals surface area contributed by atoms with Crippen LogP contribution >= 0.6 is 0 Å². The average molecular weight is 260 g/mol. The SMILES string of the molecule is CC(C)N(CCC(=O)O)C(C)c1ccc(C#N)cc1. The van der Waals surface area contributed by atoms with Gasteiger partial charge in [0.2, 0.25) is 0 Å². The van der Waals surface area contributed by atoms with Crippen LogP contribution in [0, 0.1) is 11.3 Å². The third kappa shape index (κ3) is 4.38. The highest BCUT2D eigenvalue weighted by molar-refractivity contribution is 5.66. The van der Waals surface area contributed by atoms with Crippen molar-refractivity contribution in [2.24, 2.45) is 0 Å². The molecule has 0 saturated heterocycles. The second kappa shape index (κ2) is 6.91. The van der Waals surface area contributed by atoms with Gasteiger partial charge in [-0.2, -0.15) is 5.26 Å². The zero-order chi connectivity index (χ0) is 14.4. The van der Waals surface area contributed by atoms with Gasteiger partial charge < -0.3 is 5.11 Å². The van der Waals surface area contributed by atoms with Crippen molar-refractivity contribution < 1.29 is 9.90 Å². The predicted octanol–water partition coefficient (Wildman–Crippen LogP) is 2.80. The Hall–Kier alpha value is -1.86. The number of rotatable bonds is 6. The largest absolute Gasteiger partial charge is 0.481 e. The van der Waals surface area contributed by atoms with Crippen LogP contribution in [0.1, 0.15) is 44.4 Å². The maximum absolute atomic E-state index is 10.7. The lowest BCUT2D eigenvalue weighted by Crippen LogP contribution is -2.35. The van der Waals surface area contributed by atoms with E-state index >= 15 is 0 Å². The number of hydrogen-bond donors (Lipinski definition) is 1. The molecular formula is C15H20N2O2. The summed E-state index contributed by atoms with van der Waals surface area (Å²) in [4.78, 5) is 12.9. The molecule has 0 saturated carbocycles. The fourth-order valence-corrected chi connectivity index (χ4v) is 2.15. The summed E-state index contributed by atoms with van der Waals surface area (Å²) < 4.78 is 0. The van der Waals surface area contributed by atoms with Crippen molar-refractivity contribution in [3.8, 4) is 6.07 Å². The topological polar surface area (TPSA) is 64.3 Å². The molecule has 1 atom stereocenters. The Labute approximate surface area is 114 Å². The van der Waals surface area contributed by atoms with Crippen molar-refractivity contribution in [1.82, 2.24) is 4.90 Å². The first kappa shape index (κ1) is 15.2. The second-order valence-electron chi connectivity index (χ2n) is 4.89. The molecule has 0 bridgehead atoms. The maximum Gasteiger partial charge on any atom is 0.304 e. The number of carbonyl (C=O) groups is 1. The summed E-state index contributed by atoms with van der Waals surface area (Å²) in [5, 5.41) is 17.6.